The van der Waals surface area contributed by atoms with Crippen LogP contribution in [0.2, 0.25) is 0 Å². The number of aliphatic hydroxyl groups is 2. The summed E-state index contributed by atoms with van der Waals surface area (Å²) in [5.74, 6) is 0.700. The van der Waals surface area contributed by atoms with Crippen molar-refractivity contribution in [2.45, 2.75) is 6.10 Å². The van der Waals surface area contributed by atoms with Gasteiger partial charge < -0.3 is 14.9 Å². The highest BCUT2D eigenvalue weighted by molar-refractivity contribution is 5.65. The molecule has 0 bridgehead atoms. The molecule has 0 spiro atoms. The summed E-state index contributed by atoms with van der Waals surface area (Å²) < 4.78 is 5.58. The molecule has 2 aromatic carbocycles. The number of nitrogens with zero attached hydrogens (tertiary/aromatic N) is 3. The molecule has 0 amide bonds. The Bertz CT molecular complexity index is 782. The van der Waals surface area contributed by atoms with Gasteiger partial charge in [0.1, 0.15) is 12.7 Å². The molecule has 1 aromatic heterocycles. The molecule has 1 heterocycles. The van der Waals surface area contributed by atoms with Gasteiger partial charge in [-0.2, -0.15) is 4.98 Å². The Morgan fingerprint density at radius 2 is 1.50 bits per heavy atom. The summed E-state index contributed by atoms with van der Waals surface area (Å²) in [6.45, 7) is -0.464. The Balaban J connectivity index is 1.99. The number of ether oxygens (including phenoxy) is 1. The van der Waals surface area contributed by atoms with E-state index in [-0.39, 0.29) is 19.1 Å². The summed E-state index contributed by atoms with van der Waals surface area (Å²) in [4.78, 5) is 4.44. The lowest BCUT2D eigenvalue weighted by atomic mass is 10.1. The van der Waals surface area contributed by atoms with Crippen LogP contribution in [-0.2, 0) is 0 Å². The van der Waals surface area contributed by atoms with Gasteiger partial charge >= 0.3 is 0 Å². The number of hydrogen-bond acceptors (Lipinski definition) is 6. The summed E-state index contributed by atoms with van der Waals surface area (Å²) >= 11 is 0. The highest BCUT2D eigenvalue weighted by Crippen LogP contribution is 2.27. The van der Waals surface area contributed by atoms with Crippen LogP contribution in [0.1, 0.15) is 0 Å². The van der Waals surface area contributed by atoms with Gasteiger partial charge in [-0.05, 0) is 0 Å². The van der Waals surface area contributed by atoms with Crippen molar-refractivity contribution in [3.8, 4) is 28.5 Å². The standard InChI is InChI=1S/C18H17N3O3/c22-11-15(23)12-24-18-16(13-7-3-1-4-8-13)20-21-17(19-18)14-9-5-2-6-10-14/h1-10,15,22-23H,11-12H2. The van der Waals surface area contributed by atoms with Crippen LogP contribution < -0.4 is 4.74 Å². The van der Waals surface area contributed by atoms with E-state index in [0.29, 0.717) is 11.5 Å². The Morgan fingerprint density at radius 1 is 0.875 bits per heavy atom. The Kier molecular flexibility index (Phi) is 5.10. The second kappa shape index (κ2) is 7.63. The smallest absolute Gasteiger partial charge is 0.244 e. The Labute approximate surface area is 139 Å². The van der Waals surface area contributed by atoms with E-state index in [4.69, 9.17) is 9.84 Å². The molecule has 0 aliphatic rings. The van der Waals surface area contributed by atoms with Gasteiger partial charge in [0.25, 0.3) is 0 Å². The maximum Gasteiger partial charge on any atom is 0.244 e. The summed E-state index contributed by atoms with van der Waals surface area (Å²) in [5, 5.41) is 26.9. The number of hydrogen-bond donors (Lipinski definition) is 2. The topological polar surface area (TPSA) is 88.4 Å². The highest BCUT2D eigenvalue weighted by atomic mass is 16.5. The average Bonchev–Trinajstić information content (AvgIpc) is 2.67. The molecule has 2 N–H and O–H groups in total. The minimum Gasteiger partial charge on any atom is -0.473 e. The molecule has 1 atom stereocenters. The van der Waals surface area contributed by atoms with Gasteiger partial charge in [-0.3, -0.25) is 0 Å². The third-order valence-electron chi connectivity index (χ3n) is 3.36. The van der Waals surface area contributed by atoms with Crippen LogP contribution in [0, 0.1) is 0 Å². The molecule has 1 unspecified atom stereocenters. The number of aromatic nitrogens is 3. The number of rotatable bonds is 6. The fourth-order valence-electron chi connectivity index (χ4n) is 2.13. The maximum atomic E-state index is 9.53. The molecule has 3 rings (SSSR count). The summed E-state index contributed by atoms with van der Waals surface area (Å²) in [6.07, 6.45) is -0.983. The van der Waals surface area contributed by atoms with Gasteiger partial charge in [0.05, 0.1) is 6.61 Å². The third kappa shape index (κ3) is 3.73. The van der Waals surface area contributed by atoms with Crippen LogP contribution in [0.25, 0.3) is 22.6 Å². The maximum absolute atomic E-state index is 9.53. The minimum atomic E-state index is -0.983. The molecule has 0 aliphatic heterocycles. The first-order valence-electron chi connectivity index (χ1n) is 7.55. The zero-order valence-corrected chi connectivity index (χ0v) is 12.9. The van der Waals surface area contributed by atoms with Gasteiger partial charge in [-0.15, -0.1) is 10.2 Å². The highest BCUT2D eigenvalue weighted by Gasteiger charge is 2.15. The van der Waals surface area contributed by atoms with Crippen LogP contribution in [0.15, 0.2) is 60.7 Å². The third-order valence-corrected chi connectivity index (χ3v) is 3.36. The molecule has 6 heteroatoms. The summed E-state index contributed by atoms with van der Waals surface area (Å²) in [5.41, 5.74) is 2.11. The monoisotopic (exact) mass is 323 g/mol. The lowest BCUT2D eigenvalue weighted by molar-refractivity contribution is 0.0522. The summed E-state index contributed by atoms with van der Waals surface area (Å²) in [7, 11) is 0. The second-order valence-corrected chi connectivity index (χ2v) is 5.17. The Hall–Kier alpha value is -2.83. The average molecular weight is 323 g/mol. The normalized spacial score (nSPS) is 11.9. The van der Waals surface area contributed by atoms with Gasteiger partial charge in [0.2, 0.25) is 5.88 Å². The zero-order chi connectivity index (χ0) is 16.8. The van der Waals surface area contributed by atoms with E-state index in [1.165, 1.54) is 0 Å². The van der Waals surface area contributed by atoms with E-state index in [9.17, 15) is 5.11 Å². The van der Waals surface area contributed by atoms with Crippen molar-refractivity contribution >= 4 is 0 Å². The fourth-order valence-corrected chi connectivity index (χ4v) is 2.13. The van der Waals surface area contributed by atoms with E-state index in [0.717, 1.165) is 11.1 Å². The number of aliphatic hydroxyl groups excluding tert-OH is 2. The molecule has 122 valence electrons. The van der Waals surface area contributed by atoms with E-state index in [2.05, 4.69) is 15.2 Å². The van der Waals surface area contributed by atoms with Crippen LogP contribution in [0.3, 0.4) is 0 Å². The molecule has 3 aromatic rings. The quantitative estimate of drug-likeness (QED) is 0.721. The largest absolute Gasteiger partial charge is 0.473 e. The molecular formula is C18H17N3O3. The zero-order valence-electron chi connectivity index (χ0n) is 12.9. The van der Waals surface area contributed by atoms with Crippen molar-refractivity contribution in [1.29, 1.82) is 0 Å². The fraction of sp³-hybridized carbons (Fsp3) is 0.167. The first-order valence-corrected chi connectivity index (χ1v) is 7.55. The van der Waals surface area contributed by atoms with Gasteiger partial charge in [0, 0.05) is 11.1 Å². The molecule has 0 aliphatic carbocycles. The number of benzene rings is 2. The van der Waals surface area contributed by atoms with Crippen molar-refractivity contribution in [3.05, 3.63) is 60.7 Å². The molecule has 0 saturated heterocycles. The van der Waals surface area contributed by atoms with E-state index in [1.54, 1.807) is 0 Å². The molecular weight excluding hydrogens is 306 g/mol. The molecule has 24 heavy (non-hydrogen) atoms. The first-order chi connectivity index (χ1) is 11.8. The lowest BCUT2D eigenvalue weighted by Crippen LogP contribution is -2.22. The van der Waals surface area contributed by atoms with Crippen molar-refractivity contribution in [2.24, 2.45) is 0 Å². The predicted octanol–water partition coefficient (Wildman–Crippen LogP) is 1.94. The van der Waals surface area contributed by atoms with Crippen LogP contribution in [0.5, 0.6) is 5.88 Å². The van der Waals surface area contributed by atoms with Crippen LogP contribution in [0.4, 0.5) is 0 Å². The molecule has 6 nitrogen and oxygen atoms in total. The lowest BCUT2D eigenvalue weighted by Gasteiger charge is -2.12. The first kappa shape index (κ1) is 16.0. The molecule has 0 radical (unpaired) electrons. The summed E-state index contributed by atoms with van der Waals surface area (Å²) in [6, 6.07) is 18.9. The molecule has 0 saturated carbocycles. The van der Waals surface area contributed by atoms with Crippen molar-refractivity contribution < 1.29 is 14.9 Å². The van der Waals surface area contributed by atoms with E-state index >= 15 is 0 Å². The molecule has 0 fully saturated rings. The minimum absolute atomic E-state index is 0.0801. The van der Waals surface area contributed by atoms with E-state index < -0.39 is 6.10 Å². The van der Waals surface area contributed by atoms with Gasteiger partial charge in [-0.25, -0.2) is 0 Å². The second-order valence-electron chi connectivity index (χ2n) is 5.17. The van der Waals surface area contributed by atoms with Gasteiger partial charge in [0.15, 0.2) is 11.5 Å². The SMILES string of the molecule is OCC(O)COc1nc(-c2ccccc2)nnc1-c1ccccc1. The van der Waals surface area contributed by atoms with Crippen LogP contribution in [-0.4, -0.2) is 44.7 Å². The van der Waals surface area contributed by atoms with Gasteiger partial charge in [-0.1, -0.05) is 60.7 Å². The van der Waals surface area contributed by atoms with Crippen molar-refractivity contribution in [1.82, 2.24) is 15.2 Å². The van der Waals surface area contributed by atoms with E-state index in [1.807, 2.05) is 60.7 Å². The van der Waals surface area contributed by atoms with Crippen LogP contribution >= 0.6 is 0 Å². The van der Waals surface area contributed by atoms with Crippen molar-refractivity contribution in [2.75, 3.05) is 13.2 Å². The Morgan fingerprint density at radius 3 is 2.12 bits per heavy atom. The predicted molar refractivity (Wildman–Crippen MR) is 89.3 cm³/mol. The van der Waals surface area contributed by atoms with Crippen molar-refractivity contribution in [3.63, 3.8) is 0 Å².